The fourth-order valence-electron chi connectivity index (χ4n) is 3.52. The van der Waals surface area contributed by atoms with Gasteiger partial charge in [-0.3, -0.25) is 9.59 Å². The summed E-state index contributed by atoms with van der Waals surface area (Å²) in [5.41, 5.74) is 4.15. The topological polar surface area (TPSA) is 61.4 Å². The Balaban J connectivity index is 1.94. The SMILES string of the molecule is CCCN(CCC)C(=O)c1ccc2c(c1)/C(=C(\C)Nc1ccc(Cl)cc1)C(=O)N2. The molecule has 1 heterocycles. The highest BCUT2D eigenvalue weighted by Crippen LogP contribution is 2.35. The number of nitrogens with one attached hydrogen (secondary N) is 2. The van der Waals surface area contributed by atoms with Crippen molar-refractivity contribution in [1.82, 2.24) is 4.90 Å². The normalized spacial score (nSPS) is 14.3. The minimum absolute atomic E-state index is 0.00138. The maximum absolute atomic E-state index is 13.0. The summed E-state index contributed by atoms with van der Waals surface area (Å²) in [5, 5.41) is 6.80. The maximum atomic E-state index is 13.0. The van der Waals surface area contributed by atoms with E-state index in [2.05, 4.69) is 24.5 Å². The number of rotatable bonds is 7. The van der Waals surface area contributed by atoms with E-state index in [0.717, 1.165) is 42.9 Å². The number of amides is 2. The predicted octanol–water partition coefficient (Wildman–Crippen LogP) is 5.40. The van der Waals surface area contributed by atoms with Gasteiger partial charge in [-0.25, -0.2) is 0 Å². The van der Waals surface area contributed by atoms with Crippen LogP contribution in [0.15, 0.2) is 48.2 Å². The van der Waals surface area contributed by atoms with Crippen molar-refractivity contribution in [3.8, 4) is 0 Å². The summed E-state index contributed by atoms with van der Waals surface area (Å²) in [7, 11) is 0. The number of halogens is 1. The summed E-state index contributed by atoms with van der Waals surface area (Å²) in [5.74, 6) is -0.180. The zero-order chi connectivity index (χ0) is 21.0. The molecule has 0 fully saturated rings. The zero-order valence-electron chi connectivity index (χ0n) is 17.0. The van der Waals surface area contributed by atoms with Gasteiger partial charge in [-0.15, -0.1) is 0 Å². The molecule has 152 valence electrons. The Labute approximate surface area is 176 Å². The van der Waals surface area contributed by atoms with Crippen molar-refractivity contribution in [1.29, 1.82) is 0 Å². The van der Waals surface area contributed by atoms with E-state index < -0.39 is 0 Å². The molecule has 2 N–H and O–H groups in total. The number of anilines is 2. The first-order valence-electron chi connectivity index (χ1n) is 9.93. The van der Waals surface area contributed by atoms with Crippen molar-refractivity contribution in [3.63, 3.8) is 0 Å². The van der Waals surface area contributed by atoms with Gasteiger partial charge in [-0.1, -0.05) is 25.4 Å². The molecule has 2 aromatic rings. The number of hydrogen-bond acceptors (Lipinski definition) is 3. The second kappa shape index (κ2) is 9.14. The van der Waals surface area contributed by atoms with E-state index >= 15 is 0 Å². The molecule has 0 aromatic heterocycles. The number of hydrogen-bond donors (Lipinski definition) is 2. The number of fused-ring (bicyclic) bond motifs is 1. The summed E-state index contributed by atoms with van der Waals surface area (Å²) < 4.78 is 0. The Morgan fingerprint density at radius 2 is 1.72 bits per heavy atom. The molecule has 0 saturated carbocycles. The maximum Gasteiger partial charge on any atom is 0.258 e. The van der Waals surface area contributed by atoms with Crippen LogP contribution in [0.3, 0.4) is 0 Å². The smallest absolute Gasteiger partial charge is 0.258 e. The second-order valence-corrected chi connectivity index (χ2v) is 7.58. The van der Waals surface area contributed by atoms with Crippen molar-refractivity contribution in [2.45, 2.75) is 33.6 Å². The van der Waals surface area contributed by atoms with Crippen LogP contribution in [-0.2, 0) is 4.79 Å². The van der Waals surface area contributed by atoms with Gasteiger partial charge in [-0.05, 0) is 62.2 Å². The molecule has 0 unspecified atom stereocenters. The van der Waals surface area contributed by atoms with Crippen LogP contribution in [0, 0.1) is 0 Å². The summed E-state index contributed by atoms with van der Waals surface area (Å²) >= 11 is 5.94. The third-order valence-corrected chi connectivity index (χ3v) is 5.09. The molecule has 0 atom stereocenters. The molecule has 0 bridgehead atoms. The fourth-order valence-corrected chi connectivity index (χ4v) is 3.65. The van der Waals surface area contributed by atoms with Gasteiger partial charge in [0.1, 0.15) is 0 Å². The van der Waals surface area contributed by atoms with Crippen LogP contribution in [0.5, 0.6) is 0 Å². The Morgan fingerprint density at radius 1 is 1.07 bits per heavy atom. The number of nitrogens with zero attached hydrogens (tertiary/aromatic N) is 1. The molecule has 0 saturated heterocycles. The van der Waals surface area contributed by atoms with Crippen LogP contribution in [0.2, 0.25) is 5.02 Å². The van der Waals surface area contributed by atoms with Crippen LogP contribution in [0.1, 0.15) is 49.5 Å². The van der Waals surface area contributed by atoms with E-state index in [0.29, 0.717) is 21.9 Å². The Hall–Kier alpha value is -2.79. The average molecular weight is 412 g/mol. The number of benzene rings is 2. The van der Waals surface area contributed by atoms with Gasteiger partial charge in [0.25, 0.3) is 11.8 Å². The van der Waals surface area contributed by atoms with Crippen molar-refractivity contribution >= 4 is 40.4 Å². The molecule has 3 rings (SSSR count). The van der Waals surface area contributed by atoms with E-state index in [1.54, 1.807) is 24.3 Å². The van der Waals surface area contributed by atoms with Crippen molar-refractivity contribution in [2.75, 3.05) is 23.7 Å². The van der Waals surface area contributed by atoms with Gasteiger partial charge >= 0.3 is 0 Å². The second-order valence-electron chi connectivity index (χ2n) is 7.14. The van der Waals surface area contributed by atoms with Crippen LogP contribution < -0.4 is 10.6 Å². The minimum atomic E-state index is -0.178. The van der Waals surface area contributed by atoms with Gasteiger partial charge in [0.05, 0.1) is 5.57 Å². The molecular weight excluding hydrogens is 386 g/mol. The third-order valence-electron chi connectivity index (χ3n) is 4.84. The number of carbonyl (C=O) groups excluding carboxylic acids is 2. The zero-order valence-corrected chi connectivity index (χ0v) is 17.8. The quantitative estimate of drug-likeness (QED) is 0.600. The van der Waals surface area contributed by atoms with E-state index in [1.165, 1.54) is 0 Å². The lowest BCUT2D eigenvalue weighted by Gasteiger charge is -2.21. The Bertz CT molecular complexity index is 945. The van der Waals surface area contributed by atoms with Crippen LogP contribution in [0.25, 0.3) is 5.57 Å². The molecule has 2 amide bonds. The lowest BCUT2D eigenvalue weighted by atomic mass is 10.0. The fraction of sp³-hybridized carbons (Fsp3) is 0.304. The average Bonchev–Trinajstić information content (AvgIpc) is 3.04. The summed E-state index contributed by atoms with van der Waals surface area (Å²) in [6, 6.07) is 12.7. The molecule has 0 spiro atoms. The minimum Gasteiger partial charge on any atom is -0.358 e. The molecule has 1 aliphatic heterocycles. The van der Waals surface area contributed by atoms with E-state index in [4.69, 9.17) is 11.6 Å². The number of allylic oxidation sites excluding steroid dienone is 1. The lowest BCUT2D eigenvalue weighted by molar-refractivity contribution is -0.110. The molecule has 0 radical (unpaired) electrons. The summed E-state index contributed by atoms with van der Waals surface area (Å²) in [6.07, 6.45) is 1.82. The molecular formula is C23H26ClN3O2. The van der Waals surface area contributed by atoms with Gasteiger partial charge < -0.3 is 15.5 Å². The largest absolute Gasteiger partial charge is 0.358 e. The van der Waals surface area contributed by atoms with Crippen molar-refractivity contribution < 1.29 is 9.59 Å². The Kier molecular flexibility index (Phi) is 6.60. The van der Waals surface area contributed by atoms with Gasteiger partial charge in [0.2, 0.25) is 0 Å². The first-order valence-corrected chi connectivity index (χ1v) is 10.3. The molecule has 1 aliphatic rings. The standard InChI is InChI=1S/C23H26ClN3O2/c1-4-12-27(13-5-2)23(29)16-6-11-20-19(14-16)21(22(28)26-20)15(3)25-18-9-7-17(24)8-10-18/h6-11,14,25H,4-5,12-13H2,1-3H3,(H,26,28)/b21-15-. The van der Waals surface area contributed by atoms with Crippen molar-refractivity contribution in [2.24, 2.45) is 0 Å². The van der Waals surface area contributed by atoms with E-state index in [-0.39, 0.29) is 11.8 Å². The van der Waals surface area contributed by atoms with Crippen LogP contribution in [0.4, 0.5) is 11.4 Å². The lowest BCUT2D eigenvalue weighted by Crippen LogP contribution is -2.32. The molecule has 6 heteroatoms. The van der Waals surface area contributed by atoms with Crippen molar-refractivity contribution in [3.05, 3.63) is 64.3 Å². The number of carbonyl (C=O) groups is 2. The van der Waals surface area contributed by atoms with E-state index in [1.807, 2.05) is 30.0 Å². The van der Waals surface area contributed by atoms with Crippen LogP contribution in [-0.4, -0.2) is 29.8 Å². The Morgan fingerprint density at radius 3 is 2.34 bits per heavy atom. The van der Waals surface area contributed by atoms with Gasteiger partial charge in [0, 0.05) is 46.3 Å². The highest BCUT2D eigenvalue weighted by atomic mass is 35.5. The predicted molar refractivity (Wildman–Crippen MR) is 119 cm³/mol. The molecule has 2 aromatic carbocycles. The van der Waals surface area contributed by atoms with Gasteiger partial charge in [0.15, 0.2) is 0 Å². The third kappa shape index (κ3) is 4.62. The summed E-state index contributed by atoms with van der Waals surface area (Å²) in [4.78, 5) is 27.5. The van der Waals surface area contributed by atoms with E-state index in [9.17, 15) is 9.59 Å². The monoisotopic (exact) mass is 411 g/mol. The van der Waals surface area contributed by atoms with Crippen LogP contribution >= 0.6 is 11.6 Å². The van der Waals surface area contributed by atoms with Gasteiger partial charge in [-0.2, -0.15) is 0 Å². The highest BCUT2D eigenvalue weighted by molar-refractivity contribution is 6.32. The highest BCUT2D eigenvalue weighted by Gasteiger charge is 2.28. The first-order chi connectivity index (χ1) is 13.9. The molecule has 0 aliphatic carbocycles. The first kappa shape index (κ1) is 20.9. The molecule has 29 heavy (non-hydrogen) atoms. The molecule has 5 nitrogen and oxygen atoms in total. The summed E-state index contributed by atoms with van der Waals surface area (Å²) in [6.45, 7) is 7.43.